The van der Waals surface area contributed by atoms with E-state index in [1.165, 1.54) is 29.7 Å². The van der Waals surface area contributed by atoms with Crippen LogP contribution in [-0.2, 0) is 12.8 Å². The van der Waals surface area contributed by atoms with Crippen molar-refractivity contribution in [1.82, 2.24) is 9.97 Å². The van der Waals surface area contributed by atoms with Gasteiger partial charge >= 0.3 is 0 Å². The van der Waals surface area contributed by atoms with Crippen molar-refractivity contribution in [2.24, 2.45) is 5.92 Å². The summed E-state index contributed by atoms with van der Waals surface area (Å²) >= 11 is 7.96. The Balaban J connectivity index is 2.17. The Kier molecular flexibility index (Phi) is 2.60. The average molecular weight is 253 g/mol. The lowest BCUT2D eigenvalue weighted by atomic mass is 9.86. The quantitative estimate of drug-likeness (QED) is 0.721. The van der Waals surface area contributed by atoms with Crippen LogP contribution in [0.2, 0.25) is 5.15 Å². The molecule has 0 amide bonds. The molecule has 1 aliphatic carbocycles. The molecule has 0 saturated heterocycles. The number of hydrogen-bond donors (Lipinski definition) is 0. The van der Waals surface area contributed by atoms with E-state index in [0.29, 0.717) is 5.15 Å². The molecule has 0 aliphatic heterocycles. The van der Waals surface area contributed by atoms with Gasteiger partial charge in [0.1, 0.15) is 16.3 Å². The van der Waals surface area contributed by atoms with E-state index in [1.807, 2.05) is 0 Å². The maximum absolute atomic E-state index is 6.16. The first-order valence-electron chi connectivity index (χ1n) is 5.70. The molecule has 1 atom stereocenters. The number of fused-ring (bicyclic) bond motifs is 3. The third-order valence-corrected chi connectivity index (χ3v) is 4.93. The number of rotatable bonds is 1. The highest BCUT2D eigenvalue weighted by molar-refractivity contribution is 7.19. The van der Waals surface area contributed by atoms with Gasteiger partial charge in [-0.25, -0.2) is 9.97 Å². The zero-order chi connectivity index (χ0) is 11.1. The first kappa shape index (κ1) is 10.5. The second-order valence-corrected chi connectivity index (χ2v) is 5.81. The van der Waals surface area contributed by atoms with Gasteiger partial charge in [-0.1, -0.05) is 24.9 Å². The Morgan fingerprint density at radius 2 is 2.38 bits per heavy atom. The molecule has 0 aromatic carbocycles. The van der Waals surface area contributed by atoms with E-state index in [1.54, 1.807) is 17.7 Å². The van der Waals surface area contributed by atoms with E-state index in [9.17, 15) is 0 Å². The lowest BCUT2D eigenvalue weighted by molar-refractivity contribution is 0.451. The van der Waals surface area contributed by atoms with E-state index in [4.69, 9.17) is 11.6 Å². The minimum absolute atomic E-state index is 0.623. The zero-order valence-electron chi connectivity index (χ0n) is 9.16. The van der Waals surface area contributed by atoms with Crippen LogP contribution in [0.1, 0.15) is 30.2 Å². The summed E-state index contributed by atoms with van der Waals surface area (Å²) in [6.45, 7) is 2.27. The van der Waals surface area contributed by atoms with E-state index in [0.717, 1.165) is 22.6 Å². The average Bonchev–Trinajstić information content (AvgIpc) is 2.67. The smallest absolute Gasteiger partial charge is 0.141 e. The molecule has 84 valence electrons. The Hall–Kier alpha value is -0.670. The molecule has 2 aromatic rings. The number of aryl methyl sites for hydroxylation is 1. The Morgan fingerprint density at radius 3 is 3.19 bits per heavy atom. The van der Waals surface area contributed by atoms with Crippen LogP contribution in [0.3, 0.4) is 0 Å². The SMILES string of the molecule is CCC1CCc2c(sc3ncnc(Cl)c23)C1. The normalized spacial score (nSPS) is 20.0. The summed E-state index contributed by atoms with van der Waals surface area (Å²) < 4.78 is 0. The summed E-state index contributed by atoms with van der Waals surface area (Å²) in [5.41, 5.74) is 1.41. The molecule has 0 saturated carbocycles. The van der Waals surface area contributed by atoms with Gasteiger partial charge in [0.25, 0.3) is 0 Å². The minimum atomic E-state index is 0.623. The lowest BCUT2D eigenvalue weighted by Gasteiger charge is -2.20. The molecule has 0 radical (unpaired) electrons. The van der Waals surface area contributed by atoms with Crippen molar-refractivity contribution in [3.05, 3.63) is 21.9 Å². The van der Waals surface area contributed by atoms with Crippen molar-refractivity contribution < 1.29 is 0 Å². The van der Waals surface area contributed by atoms with Crippen molar-refractivity contribution in [2.75, 3.05) is 0 Å². The van der Waals surface area contributed by atoms with E-state index in [2.05, 4.69) is 16.9 Å². The van der Waals surface area contributed by atoms with Crippen LogP contribution in [0.25, 0.3) is 10.2 Å². The van der Waals surface area contributed by atoms with Crippen molar-refractivity contribution >= 4 is 33.2 Å². The molecule has 2 nitrogen and oxygen atoms in total. The van der Waals surface area contributed by atoms with E-state index >= 15 is 0 Å². The van der Waals surface area contributed by atoms with Gasteiger partial charge in [0.2, 0.25) is 0 Å². The van der Waals surface area contributed by atoms with Crippen molar-refractivity contribution in [1.29, 1.82) is 0 Å². The molecule has 0 spiro atoms. The van der Waals surface area contributed by atoms with Gasteiger partial charge in [-0.3, -0.25) is 0 Å². The number of hydrogen-bond acceptors (Lipinski definition) is 3. The number of halogens is 1. The van der Waals surface area contributed by atoms with Crippen LogP contribution >= 0.6 is 22.9 Å². The highest BCUT2D eigenvalue weighted by Crippen LogP contribution is 2.39. The standard InChI is InChI=1S/C12H13ClN2S/c1-2-7-3-4-8-9(5-7)16-12-10(8)11(13)14-6-15-12/h6-7H,2-5H2,1H3. The summed E-state index contributed by atoms with van der Waals surface area (Å²) in [6.07, 6.45) is 6.45. The third kappa shape index (κ3) is 1.54. The Morgan fingerprint density at radius 1 is 1.50 bits per heavy atom. The van der Waals surface area contributed by atoms with Crippen LogP contribution in [0.15, 0.2) is 6.33 Å². The lowest BCUT2D eigenvalue weighted by Crippen LogP contribution is -2.11. The number of thiophene rings is 1. The Bertz CT molecular complexity index is 535. The number of nitrogens with zero attached hydrogens (tertiary/aromatic N) is 2. The largest absolute Gasteiger partial charge is 0.225 e. The number of aromatic nitrogens is 2. The minimum Gasteiger partial charge on any atom is -0.225 e. The summed E-state index contributed by atoms with van der Waals surface area (Å²) in [5, 5.41) is 1.73. The molecule has 1 aliphatic rings. The highest BCUT2D eigenvalue weighted by atomic mass is 35.5. The second kappa shape index (κ2) is 3.97. The summed E-state index contributed by atoms with van der Waals surface area (Å²) in [5.74, 6) is 0.840. The molecule has 2 heterocycles. The van der Waals surface area contributed by atoms with Gasteiger partial charge in [-0.2, -0.15) is 0 Å². The van der Waals surface area contributed by atoms with Crippen LogP contribution in [0.4, 0.5) is 0 Å². The fourth-order valence-electron chi connectivity index (χ4n) is 2.49. The topological polar surface area (TPSA) is 25.8 Å². The van der Waals surface area contributed by atoms with E-state index in [-0.39, 0.29) is 0 Å². The first-order chi connectivity index (χ1) is 7.79. The zero-order valence-corrected chi connectivity index (χ0v) is 10.7. The molecule has 0 bridgehead atoms. The van der Waals surface area contributed by atoms with Crippen LogP contribution < -0.4 is 0 Å². The summed E-state index contributed by atoms with van der Waals surface area (Å²) in [7, 11) is 0. The van der Waals surface area contributed by atoms with Gasteiger partial charge in [0, 0.05) is 4.88 Å². The van der Waals surface area contributed by atoms with Gasteiger partial charge in [-0.15, -0.1) is 11.3 Å². The van der Waals surface area contributed by atoms with Crippen LogP contribution in [-0.4, -0.2) is 9.97 Å². The maximum atomic E-state index is 6.16. The van der Waals surface area contributed by atoms with Crippen molar-refractivity contribution in [3.8, 4) is 0 Å². The van der Waals surface area contributed by atoms with Gasteiger partial charge in [0.15, 0.2) is 0 Å². The van der Waals surface area contributed by atoms with Crippen LogP contribution in [0, 0.1) is 5.92 Å². The molecule has 1 unspecified atom stereocenters. The molecular formula is C12H13ClN2S. The van der Waals surface area contributed by atoms with Crippen molar-refractivity contribution in [2.45, 2.75) is 32.6 Å². The van der Waals surface area contributed by atoms with Crippen LogP contribution in [0.5, 0.6) is 0 Å². The molecule has 3 rings (SSSR count). The predicted octanol–water partition coefficient (Wildman–Crippen LogP) is 3.86. The Labute approximate surface area is 104 Å². The van der Waals surface area contributed by atoms with Crippen molar-refractivity contribution in [3.63, 3.8) is 0 Å². The molecule has 16 heavy (non-hydrogen) atoms. The fourth-order valence-corrected chi connectivity index (χ4v) is 4.09. The predicted molar refractivity (Wildman–Crippen MR) is 68.2 cm³/mol. The maximum Gasteiger partial charge on any atom is 0.141 e. The molecule has 2 aromatic heterocycles. The summed E-state index contributed by atoms with van der Waals surface area (Å²) in [6, 6.07) is 0. The highest BCUT2D eigenvalue weighted by Gasteiger charge is 2.23. The molecular weight excluding hydrogens is 240 g/mol. The third-order valence-electron chi connectivity index (χ3n) is 3.48. The molecule has 0 N–H and O–H groups in total. The van der Waals surface area contributed by atoms with E-state index < -0.39 is 0 Å². The molecule has 4 heteroatoms. The first-order valence-corrected chi connectivity index (χ1v) is 6.89. The van der Waals surface area contributed by atoms with Gasteiger partial charge < -0.3 is 0 Å². The summed E-state index contributed by atoms with van der Waals surface area (Å²) in [4.78, 5) is 10.9. The monoisotopic (exact) mass is 252 g/mol. The molecule has 0 fully saturated rings. The fraction of sp³-hybridized carbons (Fsp3) is 0.500. The van der Waals surface area contributed by atoms with Gasteiger partial charge in [-0.05, 0) is 30.7 Å². The second-order valence-electron chi connectivity index (χ2n) is 4.37. The van der Waals surface area contributed by atoms with Gasteiger partial charge in [0.05, 0.1) is 5.39 Å².